The number of anilines is 3. The van der Waals surface area contributed by atoms with Crippen LogP contribution < -0.4 is 16.0 Å². The van der Waals surface area contributed by atoms with Gasteiger partial charge in [-0.15, -0.1) is 0 Å². The van der Waals surface area contributed by atoms with Gasteiger partial charge in [0.1, 0.15) is 24.8 Å². The molecule has 15 nitrogen and oxygen atoms in total. The Labute approximate surface area is 697 Å². The molecular formula is C93H93Cl4F2N9O6S. The third kappa shape index (κ3) is 22.4. The van der Waals surface area contributed by atoms with E-state index in [1.807, 2.05) is 66.4 Å². The molecule has 1 aliphatic carbocycles. The van der Waals surface area contributed by atoms with E-state index in [0.29, 0.717) is 72.7 Å². The fourth-order valence-electron chi connectivity index (χ4n) is 17.2. The number of rotatable bonds is 21. The third-order valence-electron chi connectivity index (χ3n) is 23.5. The van der Waals surface area contributed by atoms with Gasteiger partial charge in [0.05, 0.1) is 46.1 Å². The van der Waals surface area contributed by atoms with E-state index in [1.165, 1.54) is 49.2 Å². The summed E-state index contributed by atoms with van der Waals surface area (Å²) in [6, 6.07) is 69.4. The summed E-state index contributed by atoms with van der Waals surface area (Å²) >= 11 is 26.4. The molecule has 1 atom stereocenters. The first-order valence-electron chi connectivity index (χ1n) is 39.6. The molecule has 3 N–H and O–H groups in total. The number of likely N-dealkylation sites (tertiary alicyclic amines) is 3. The lowest BCUT2D eigenvalue weighted by atomic mass is 9.69. The fraction of sp³-hybridized carbons (Fsp3) is 0.355. The van der Waals surface area contributed by atoms with Gasteiger partial charge in [0, 0.05) is 113 Å². The van der Waals surface area contributed by atoms with Gasteiger partial charge in [-0.2, -0.15) is 27.5 Å². The predicted octanol–water partition coefficient (Wildman–Crippen LogP) is 20.8. The standard InChI is InChI=1S/C32H33F2N3O.C31H31Cl2N3O3.C30H29Cl2N3O2S/c33-27-19-28(34)21-29(20-27)36-31(38)12-13-32(14-16-37(17-15-32)30-6-1-2-7-30)26-10-8-24(9-11-26)25-5-3-4-23(18-25)22-35;32-26-17-27(33)19-28(18-26)35-30(37)21-39-31(10-12-36(13-11-31)29-8-14-38-15-9-29)25-6-4-23(5-7-25)24-3-1-2-22(16-24)20-34;31-25-15-26(32)17-27(16-25)34-29(36)19-37-30(9-11-35(12-10-30)28-8-13-38-20-28)24-6-4-22(5-7-24)23-3-1-2-21(14-23)18-33/h3-5,8-11,18-21,30H,1-2,6-7,12-17H2,(H,36,38);1-7,16-19,29H,8-15,21H2,(H,35,37);1-7,14-17,28H,8-13,19-20H2,(H,34,36). The first-order chi connectivity index (χ1) is 55.8. The topological polar surface area (TPSA) is 196 Å². The van der Waals surface area contributed by atoms with Crippen LogP contribution in [-0.2, 0) is 45.2 Å². The Bertz CT molecular complexity index is 4710. The highest BCUT2D eigenvalue weighted by Crippen LogP contribution is 2.45. The molecule has 1 unspecified atom stereocenters. The summed E-state index contributed by atoms with van der Waals surface area (Å²) in [5, 5.41) is 38.0. The highest BCUT2D eigenvalue weighted by Gasteiger charge is 2.43. The number of halogens is 6. The summed E-state index contributed by atoms with van der Waals surface area (Å²) in [5.41, 5.74) is 11.3. The molecule has 9 aromatic carbocycles. The second-order valence-electron chi connectivity index (χ2n) is 30.7. The number of carbonyl (C=O) groups excluding carboxylic acids is 3. The van der Waals surface area contributed by atoms with Crippen LogP contribution in [0.15, 0.2) is 200 Å². The van der Waals surface area contributed by atoms with Crippen LogP contribution in [0.1, 0.15) is 130 Å². The zero-order chi connectivity index (χ0) is 80.3. The van der Waals surface area contributed by atoms with Gasteiger partial charge < -0.3 is 35.1 Å². The van der Waals surface area contributed by atoms with Crippen molar-refractivity contribution in [3.8, 4) is 51.6 Å². The minimum Gasteiger partial charge on any atom is -0.381 e. The van der Waals surface area contributed by atoms with E-state index < -0.39 is 22.8 Å². The highest BCUT2D eigenvalue weighted by atomic mass is 35.5. The zero-order valence-electron chi connectivity index (χ0n) is 64.2. The minimum atomic E-state index is -0.712. The smallest absolute Gasteiger partial charge is 0.250 e. The van der Waals surface area contributed by atoms with E-state index in [0.717, 1.165) is 167 Å². The highest BCUT2D eigenvalue weighted by molar-refractivity contribution is 7.99. The number of hydrogen-bond acceptors (Lipinski definition) is 13. The average molecular weight is 1640 g/mol. The number of amides is 3. The van der Waals surface area contributed by atoms with Gasteiger partial charge in [0.15, 0.2) is 0 Å². The second kappa shape index (κ2) is 39.8. The summed E-state index contributed by atoms with van der Waals surface area (Å²) in [5.74, 6) is 0.247. The molecule has 6 aliphatic rings. The van der Waals surface area contributed by atoms with Crippen molar-refractivity contribution in [3.05, 3.63) is 265 Å². The van der Waals surface area contributed by atoms with E-state index in [1.54, 1.807) is 54.6 Å². The van der Waals surface area contributed by atoms with Crippen LogP contribution in [0.4, 0.5) is 25.8 Å². The first kappa shape index (κ1) is 83.9. The maximum absolute atomic E-state index is 13.6. The van der Waals surface area contributed by atoms with E-state index in [9.17, 15) is 39.0 Å². The van der Waals surface area contributed by atoms with Crippen LogP contribution in [0.2, 0.25) is 20.1 Å². The molecule has 1 saturated carbocycles. The molecule has 0 radical (unpaired) electrons. The van der Waals surface area contributed by atoms with Gasteiger partial charge in [0.25, 0.3) is 0 Å². The Balaban J connectivity index is 0.000000150. The van der Waals surface area contributed by atoms with Crippen molar-refractivity contribution in [1.82, 2.24) is 14.7 Å². The molecule has 0 bridgehead atoms. The average Bonchev–Trinajstić information content (AvgIpc) is 1.47. The van der Waals surface area contributed by atoms with Crippen molar-refractivity contribution in [2.45, 2.75) is 131 Å². The van der Waals surface area contributed by atoms with Crippen LogP contribution in [0, 0.1) is 45.6 Å². The lowest BCUT2D eigenvalue weighted by Crippen LogP contribution is -2.50. The summed E-state index contributed by atoms with van der Waals surface area (Å²) in [6.45, 7) is 7.12. The molecule has 6 fully saturated rings. The molecule has 594 valence electrons. The van der Waals surface area contributed by atoms with E-state index in [2.05, 4.69) is 122 Å². The summed E-state index contributed by atoms with van der Waals surface area (Å²) in [4.78, 5) is 46.3. The van der Waals surface area contributed by atoms with Gasteiger partial charge in [-0.25, -0.2) is 8.78 Å². The van der Waals surface area contributed by atoms with Crippen molar-refractivity contribution in [1.29, 1.82) is 15.8 Å². The summed E-state index contributed by atoms with van der Waals surface area (Å²) < 4.78 is 45.7. The molecule has 9 aromatic rings. The van der Waals surface area contributed by atoms with Crippen molar-refractivity contribution in [3.63, 3.8) is 0 Å². The lowest BCUT2D eigenvalue weighted by molar-refractivity contribution is -0.136. The molecule has 5 aliphatic heterocycles. The number of carbonyl (C=O) groups is 3. The minimum absolute atomic E-state index is 0.0740. The second-order valence-corrected chi connectivity index (χ2v) is 33.6. The number of benzene rings is 9. The maximum Gasteiger partial charge on any atom is 0.250 e. The number of nitriles is 3. The number of nitrogens with one attached hydrogen (secondary N) is 3. The van der Waals surface area contributed by atoms with Crippen LogP contribution in [0.3, 0.4) is 0 Å². The fourth-order valence-corrected chi connectivity index (χ4v) is 19.5. The molecule has 3 amide bonds. The largest absolute Gasteiger partial charge is 0.381 e. The first-order valence-corrected chi connectivity index (χ1v) is 42.3. The Morgan fingerprint density at radius 1 is 0.435 bits per heavy atom. The molecule has 0 spiro atoms. The molecular weight excluding hydrogens is 1550 g/mol. The third-order valence-corrected chi connectivity index (χ3v) is 25.5. The van der Waals surface area contributed by atoms with Crippen LogP contribution in [0.5, 0.6) is 0 Å². The number of nitrogens with zero attached hydrogens (tertiary/aromatic N) is 6. The number of thioether (sulfide) groups is 1. The quantitative estimate of drug-likeness (QED) is 0.0615. The summed E-state index contributed by atoms with van der Waals surface area (Å²) in [7, 11) is 0. The van der Waals surface area contributed by atoms with Crippen LogP contribution in [-0.4, -0.2) is 128 Å². The Morgan fingerprint density at radius 2 is 0.809 bits per heavy atom. The van der Waals surface area contributed by atoms with E-state index in [4.69, 9.17) is 60.6 Å². The monoisotopic (exact) mass is 1640 g/mol. The van der Waals surface area contributed by atoms with Gasteiger partial charge in [0.2, 0.25) is 17.7 Å². The SMILES string of the molecule is N#Cc1cccc(-c2ccc(C3(CCC(=O)Nc4cc(F)cc(F)c4)CCN(C4CCCC4)CC3)cc2)c1.N#Cc1cccc(-c2ccc(C3(OCC(=O)Nc4cc(Cl)cc(Cl)c4)CCN(C4CCOCC4)CC3)cc2)c1.N#Cc1cccc(-c2ccc(C3(OCC(=O)Nc4cc(Cl)cc(Cl)c4)CCN(C4CCSC4)CC3)cc2)c1. The molecule has 5 heterocycles. The number of piperidine rings is 3. The number of hydrogen-bond donors (Lipinski definition) is 3. The van der Waals surface area contributed by atoms with Gasteiger partial charge >= 0.3 is 0 Å². The van der Waals surface area contributed by atoms with Crippen LogP contribution in [0.25, 0.3) is 33.4 Å². The lowest BCUT2D eigenvalue weighted by Gasteiger charge is -2.45. The Hall–Kier alpha value is -9.01. The zero-order valence-corrected chi connectivity index (χ0v) is 68.0. The molecule has 115 heavy (non-hydrogen) atoms. The van der Waals surface area contributed by atoms with Crippen LogP contribution >= 0.6 is 58.2 Å². The van der Waals surface area contributed by atoms with E-state index >= 15 is 0 Å². The molecule has 22 heteroatoms. The van der Waals surface area contributed by atoms with Crippen molar-refractivity contribution in [2.75, 3.05) is 93.2 Å². The van der Waals surface area contributed by atoms with Crippen molar-refractivity contribution >= 4 is 92.9 Å². The van der Waals surface area contributed by atoms with Gasteiger partial charge in [-0.3, -0.25) is 24.2 Å². The Kier molecular flexibility index (Phi) is 29.0. The van der Waals surface area contributed by atoms with Gasteiger partial charge in [-0.05, 0) is 236 Å². The van der Waals surface area contributed by atoms with Crippen molar-refractivity contribution < 1.29 is 37.4 Å². The Morgan fingerprint density at radius 3 is 1.21 bits per heavy atom. The van der Waals surface area contributed by atoms with Crippen molar-refractivity contribution in [2.24, 2.45) is 0 Å². The molecule has 15 rings (SSSR count). The molecule has 0 aromatic heterocycles. The van der Waals surface area contributed by atoms with E-state index in [-0.39, 0.29) is 48.5 Å². The maximum atomic E-state index is 13.6. The van der Waals surface area contributed by atoms with Gasteiger partial charge in [-0.1, -0.05) is 168 Å². The molecule has 5 saturated heterocycles. The normalized spacial score (nSPS) is 18.2. The predicted molar refractivity (Wildman–Crippen MR) is 455 cm³/mol. The number of ether oxygens (including phenoxy) is 3. The summed E-state index contributed by atoms with van der Waals surface area (Å²) in [6.07, 6.45) is 14.6.